The van der Waals surface area contributed by atoms with E-state index in [1.54, 1.807) is 11.0 Å². The molecule has 0 saturated carbocycles. The monoisotopic (exact) mass is 277 g/mol. The van der Waals surface area contributed by atoms with Crippen molar-refractivity contribution >= 4 is 17.5 Å². The minimum Gasteiger partial charge on any atom is -0.398 e. The van der Waals surface area contributed by atoms with E-state index < -0.39 is 5.82 Å². The van der Waals surface area contributed by atoms with E-state index in [9.17, 15) is 14.0 Å². The zero-order valence-electron chi connectivity index (χ0n) is 11.0. The number of rotatable bonds is 2. The number of fused-ring (bicyclic) bond motifs is 1. The second-order valence-electron chi connectivity index (χ2n) is 5.28. The molecule has 2 N–H and O–H groups in total. The molecule has 2 aliphatic heterocycles. The van der Waals surface area contributed by atoms with Gasteiger partial charge in [-0.25, -0.2) is 4.39 Å². The van der Waals surface area contributed by atoms with Gasteiger partial charge in [-0.15, -0.1) is 0 Å². The Balaban J connectivity index is 1.80. The quantitative estimate of drug-likeness (QED) is 0.811. The fourth-order valence-corrected chi connectivity index (χ4v) is 2.91. The number of hydrogen-bond acceptors (Lipinski definition) is 3. The average Bonchev–Trinajstić information content (AvgIpc) is 2.88. The highest BCUT2D eigenvalue weighted by molar-refractivity contribution is 5.95. The molecule has 1 aromatic carbocycles. The molecule has 1 atom stereocenters. The Bertz CT molecular complexity index is 576. The molecule has 0 spiro atoms. The Hall–Kier alpha value is -2.11. The molecular weight excluding hydrogens is 261 g/mol. The number of nitrogens with two attached hydrogens (primary N) is 1. The molecule has 2 saturated heterocycles. The highest BCUT2D eigenvalue weighted by Crippen LogP contribution is 2.25. The van der Waals surface area contributed by atoms with Crippen molar-refractivity contribution in [2.24, 2.45) is 0 Å². The fraction of sp³-hybridized carbons (Fsp3) is 0.429. The van der Waals surface area contributed by atoms with Gasteiger partial charge in [-0.2, -0.15) is 0 Å². The third-order valence-electron chi connectivity index (χ3n) is 3.97. The smallest absolute Gasteiger partial charge is 0.246 e. The number of nitrogen functional groups attached to an aromatic ring is 1. The summed E-state index contributed by atoms with van der Waals surface area (Å²) in [7, 11) is 0. The van der Waals surface area contributed by atoms with Crippen molar-refractivity contribution < 1.29 is 14.0 Å². The normalized spacial score (nSPS) is 22.4. The predicted molar refractivity (Wildman–Crippen MR) is 71.0 cm³/mol. The minimum absolute atomic E-state index is 0.0206. The van der Waals surface area contributed by atoms with E-state index in [1.807, 2.05) is 0 Å². The predicted octanol–water partition coefficient (Wildman–Crippen LogP) is 0.741. The Kier molecular flexibility index (Phi) is 3.08. The van der Waals surface area contributed by atoms with Crippen LogP contribution < -0.4 is 5.73 Å². The van der Waals surface area contributed by atoms with Crippen LogP contribution in [0.2, 0.25) is 0 Å². The summed E-state index contributed by atoms with van der Waals surface area (Å²) in [6, 6.07) is 3.78. The number of halogens is 1. The number of benzene rings is 1. The first-order valence-corrected chi connectivity index (χ1v) is 6.68. The molecule has 1 aromatic rings. The van der Waals surface area contributed by atoms with Gasteiger partial charge in [0.15, 0.2) is 0 Å². The van der Waals surface area contributed by atoms with Crippen molar-refractivity contribution in [2.45, 2.75) is 25.4 Å². The van der Waals surface area contributed by atoms with E-state index in [4.69, 9.17) is 5.73 Å². The third kappa shape index (κ3) is 2.11. The summed E-state index contributed by atoms with van der Waals surface area (Å²) in [5, 5.41) is 0. The minimum atomic E-state index is -0.408. The lowest BCUT2D eigenvalue weighted by Gasteiger charge is -2.36. The first-order valence-electron chi connectivity index (χ1n) is 6.68. The molecule has 2 aliphatic rings. The maximum atomic E-state index is 13.0. The van der Waals surface area contributed by atoms with Crippen molar-refractivity contribution in [3.8, 4) is 0 Å². The summed E-state index contributed by atoms with van der Waals surface area (Å²) >= 11 is 0. The van der Waals surface area contributed by atoms with E-state index >= 15 is 0 Å². The maximum Gasteiger partial charge on any atom is 0.246 e. The summed E-state index contributed by atoms with van der Waals surface area (Å²) in [5.41, 5.74) is 6.72. The number of carbonyl (C=O) groups excluding carboxylic acids is 2. The molecule has 0 aromatic heterocycles. The summed E-state index contributed by atoms with van der Waals surface area (Å²) in [6.45, 7) is 0.995. The van der Waals surface area contributed by atoms with Crippen LogP contribution in [0.1, 0.15) is 18.4 Å². The largest absolute Gasteiger partial charge is 0.398 e. The van der Waals surface area contributed by atoms with Gasteiger partial charge in [0, 0.05) is 18.8 Å². The zero-order valence-corrected chi connectivity index (χ0v) is 11.0. The number of nitrogens with zero attached hydrogens (tertiary/aromatic N) is 2. The number of piperazine rings is 1. The molecule has 106 valence electrons. The van der Waals surface area contributed by atoms with Gasteiger partial charge in [-0.3, -0.25) is 9.59 Å². The number of hydrogen-bond donors (Lipinski definition) is 1. The zero-order chi connectivity index (χ0) is 14.3. The molecule has 0 bridgehead atoms. The molecule has 3 rings (SSSR count). The van der Waals surface area contributed by atoms with Crippen molar-refractivity contribution in [1.82, 2.24) is 9.80 Å². The van der Waals surface area contributed by atoms with Crippen LogP contribution in [0, 0.1) is 5.82 Å². The van der Waals surface area contributed by atoms with Crippen LogP contribution in [0.4, 0.5) is 10.1 Å². The molecule has 5 nitrogen and oxygen atoms in total. The number of anilines is 1. The van der Waals surface area contributed by atoms with E-state index in [-0.39, 0.29) is 30.9 Å². The Morgan fingerprint density at radius 3 is 2.90 bits per heavy atom. The van der Waals surface area contributed by atoms with Gasteiger partial charge in [-0.1, -0.05) is 6.07 Å². The molecule has 0 aliphatic carbocycles. The maximum absolute atomic E-state index is 13.0. The van der Waals surface area contributed by atoms with Crippen LogP contribution in [-0.4, -0.2) is 40.7 Å². The second kappa shape index (κ2) is 4.77. The van der Waals surface area contributed by atoms with E-state index in [1.165, 1.54) is 17.0 Å². The molecule has 0 radical (unpaired) electrons. The van der Waals surface area contributed by atoms with Crippen LogP contribution in [-0.2, 0) is 16.1 Å². The van der Waals surface area contributed by atoms with Gasteiger partial charge in [0.2, 0.25) is 11.8 Å². The fourth-order valence-electron chi connectivity index (χ4n) is 2.91. The van der Waals surface area contributed by atoms with Crippen molar-refractivity contribution in [3.05, 3.63) is 29.6 Å². The highest BCUT2D eigenvalue weighted by Gasteiger charge is 2.41. The van der Waals surface area contributed by atoms with Crippen molar-refractivity contribution in [2.75, 3.05) is 18.8 Å². The number of amides is 2. The van der Waals surface area contributed by atoms with Crippen molar-refractivity contribution in [3.63, 3.8) is 0 Å². The summed E-state index contributed by atoms with van der Waals surface area (Å²) < 4.78 is 13.0. The molecule has 2 amide bonds. The van der Waals surface area contributed by atoms with Crippen LogP contribution in [0.25, 0.3) is 0 Å². The Morgan fingerprint density at radius 2 is 2.15 bits per heavy atom. The lowest BCUT2D eigenvalue weighted by atomic mass is 10.1. The standard InChI is InChI=1S/C14H16FN3O2/c15-10-4-3-9(11(16)6-10)7-17-8-13(19)18-5-1-2-12(18)14(17)20/h3-4,6,12H,1-2,5,7-8,16H2. The summed E-state index contributed by atoms with van der Waals surface area (Å²) in [6.07, 6.45) is 1.59. The van der Waals surface area contributed by atoms with Gasteiger partial charge >= 0.3 is 0 Å². The van der Waals surface area contributed by atoms with Gasteiger partial charge in [0.05, 0.1) is 0 Å². The highest BCUT2D eigenvalue weighted by atomic mass is 19.1. The van der Waals surface area contributed by atoms with Gasteiger partial charge < -0.3 is 15.5 Å². The topological polar surface area (TPSA) is 66.6 Å². The van der Waals surface area contributed by atoms with Crippen LogP contribution in [0.15, 0.2) is 18.2 Å². The Labute approximate surface area is 116 Å². The van der Waals surface area contributed by atoms with Crippen LogP contribution >= 0.6 is 0 Å². The van der Waals surface area contributed by atoms with Gasteiger partial charge in [0.1, 0.15) is 18.4 Å². The van der Waals surface area contributed by atoms with Gasteiger partial charge in [-0.05, 0) is 30.5 Å². The summed E-state index contributed by atoms with van der Waals surface area (Å²) in [4.78, 5) is 27.5. The molecule has 20 heavy (non-hydrogen) atoms. The van der Waals surface area contributed by atoms with Gasteiger partial charge in [0.25, 0.3) is 0 Å². The van der Waals surface area contributed by atoms with Crippen molar-refractivity contribution in [1.29, 1.82) is 0 Å². The molecule has 6 heteroatoms. The molecule has 2 fully saturated rings. The Morgan fingerprint density at radius 1 is 1.35 bits per heavy atom. The molecule has 1 unspecified atom stereocenters. The van der Waals surface area contributed by atoms with Crippen LogP contribution in [0.3, 0.4) is 0 Å². The number of carbonyl (C=O) groups is 2. The first kappa shape index (κ1) is 12.9. The lowest BCUT2D eigenvalue weighted by Crippen LogP contribution is -2.56. The van der Waals surface area contributed by atoms with E-state index in [0.29, 0.717) is 17.8 Å². The molecular formula is C14H16FN3O2. The first-order chi connectivity index (χ1) is 9.56. The van der Waals surface area contributed by atoms with E-state index in [2.05, 4.69) is 0 Å². The van der Waals surface area contributed by atoms with E-state index in [0.717, 1.165) is 12.8 Å². The third-order valence-corrected chi connectivity index (χ3v) is 3.97. The van der Waals surface area contributed by atoms with Crippen LogP contribution in [0.5, 0.6) is 0 Å². The summed E-state index contributed by atoms with van der Waals surface area (Å²) in [5.74, 6) is -0.465. The second-order valence-corrected chi connectivity index (χ2v) is 5.28. The average molecular weight is 277 g/mol. The lowest BCUT2D eigenvalue weighted by molar-refractivity contribution is -0.154. The SMILES string of the molecule is Nc1cc(F)ccc1CN1CC(=O)N2CCCC2C1=O. The molecule has 2 heterocycles.